The van der Waals surface area contributed by atoms with Gasteiger partial charge in [0, 0.05) is 24.4 Å². The third-order valence-corrected chi connectivity index (χ3v) is 3.39. The summed E-state index contributed by atoms with van der Waals surface area (Å²) in [5.41, 5.74) is 2.93. The first-order valence-electron chi connectivity index (χ1n) is 6.93. The molecular formula is C17H16N2O3. The molecule has 2 aromatic heterocycles. The lowest BCUT2D eigenvalue weighted by Crippen LogP contribution is -1.95. The van der Waals surface area contributed by atoms with Crippen LogP contribution in [0.15, 0.2) is 47.0 Å². The summed E-state index contributed by atoms with van der Waals surface area (Å²) < 4.78 is 12.9. The number of furan rings is 1. The summed E-state index contributed by atoms with van der Waals surface area (Å²) in [6, 6.07) is 11.0. The minimum Gasteiger partial charge on any atom is -0.489 e. The van der Waals surface area contributed by atoms with Crippen LogP contribution in [0.5, 0.6) is 5.75 Å². The smallest absolute Gasteiger partial charge is 0.185 e. The van der Waals surface area contributed by atoms with Crippen LogP contribution in [-0.4, -0.2) is 16.1 Å². The van der Waals surface area contributed by atoms with Crippen molar-refractivity contribution in [2.45, 2.75) is 13.5 Å². The van der Waals surface area contributed by atoms with Gasteiger partial charge in [0.05, 0.1) is 5.69 Å². The quantitative estimate of drug-likeness (QED) is 0.677. The Morgan fingerprint density at radius 2 is 2.00 bits per heavy atom. The first-order chi connectivity index (χ1) is 10.7. The van der Waals surface area contributed by atoms with Gasteiger partial charge >= 0.3 is 0 Å². The van der Waals surface area contributed by atoms with Gasteiger partial charge in [0.15, 0.2) is 12.0 Å². The second-order valence-corrected chi connectivity index (χ2v) is 5.05. The number of rotatable bonds is 5. The Hall–Kier alpha value is -2.82. The number of ether oxygens (including phenoxy) is 1. The molecule has 112 valence electrons. The average molecular weight is 296 g/mol. The first kappa shape index (κ1) is 14.1. The van der Waals surface area contributed by atoms with Gasteiger partial charge in [0.2, 0.25) is 0 Å². The predicted octanol–water partition coefficient (Wildman–Crippen LogP) is 3.38. The third kappa shape index (κ3) is 2.93. The van der Waals surface area contributed by atoms with Gasteiger partial charge in [-0.05, 0) is 43.3 Å². The first-order valence-corrected chi connectivity index (χ1v) is 6.93. The molecule has 0 spiro atoms. The Morgan fingerprint density at radius 1 is 1.23 bits per heavy atom. The maximum atomic E-state index is 10.6. The molecule has 2 heterocycles. The predicted molar refractivity (Wildman–Crippen MR) is 81.8 cm³/mol. The SMILES string of the molecule is Cc1nn(C)cc1COc1ccc(-c2ccc(C=O)o2)cc1. The molecule has 0 radical (unpaired) electrons. The van der Waals surface area contributed by atoms with Crippen LogP contribution >= 0.6 is 0 Å². The monoisotopic (exact) mass is 296 g/mol. The largest absolute Gasteiger partial charge is 0.489 e. The van der Waals surface area contributed by atoms with Gasteiger partial charge in [-0.15, -0.1) is 0 Å². The number of benzene rings is 1. The summed E-state index contributed by atoms with van der Waals surface area (Å²) in [6.07, 6.45) is 2.64. The molecule has 22 heavy (non-hydrogen) atoms. The van der Waals surface area contributed by atoms with Gasteiger partial charge in [-0.25, -0.2) is 0 Å². The molecule has 0 aliphatic heterocycles. The van der Waals surface area contributed by atoms with Crippen molar-refractivity contribution < 1.29 is 13.9 Å². The van der Waals surface area contributed by atoms with Crippen molar-refractivity contribution in [3.05, 3.63) is 59.6 Å². The summed E-state index contributed by atoms with van der Waals surface area (Å²) >= 11 is 0. The number of aryl methyl sites for hydroxylation is 2. The van der Waals surface area contributed by atoms with E-state index in [9.17, 15) is 4.79 Å². The van der Waals surface area contributed by atoms with Crippen molar-refractivity contribution in [1.82, 2.24) is 9.78 Å². The second-order valence-electron chi connectivity index (χ2n) is 5.05. The zero-order valence-electron chi connectivity index (χ0n) is 12.4. The number of nitrogens with zero attached hydrogens (tertiary/aromatic N) is 2. The van der Waals surface area contributed by atoms with Gasteiger partial charge in [-0.2, -0.15) is 5.10 Å². The van der Waals surface area contributed by atoms with Crippen molar-refractivity contribution in [2.75, 3.05) is 0 Å². The van der Waals surface area contributed by atoms with Crippen LogP contribution in [0.3, 0.4) is 0 Å². The summed E-state index contributed by atoms with van der Waals surface area (Å²) in [7, 11) is 1.89. The standard InChI is InChI=1S/C17H16N2O3/c1-12-14(9-19(2)18-12)11-21-15-5-3-13(4-6-15)17-8-7-16(10-20)22-17/h3-10H,11H2,1-2H3. The molecule has 3 aromatic rings. The van der Waals surface area contributed by atoms with Crippen molar-refractivity contribution in [2.24, 2.45) is 7.05 Å². The van der Waals surface area contributed by atoms with Crippen molar-refractivity contribution in [3.63, 3.8) is 0 Å². The van der Waals surface area contributed by atoms with E-state index in [2.05, 4.69) is 5.10 Å². The molecule has 0 aliphatic rings. The van der Waals surface area contributed by atoms with E-state index in [-0.39, 0.29) is 0 Å². The lowest BCUT2D eigenvalue weighted by molar-refractivity contribution is 0.110. The van der Waals surface area contributed by atoms with Crippen LogP contribution in [-0.2, 0) is 13.7 Å². The molecule has 0 N–H and O–H groups in total. The molecule has 0 fully saturated rings. The molecule has 0 aliphatic carbocycles. The van der Waals surface area contributed by atoms with Gasteiger partial charge in [0.25, 0.3) is 0 Å². The van der Waals surface area contributed by atoms with Gasteiger partial charge in [-0.3, -0.25) is 9.48 Å². The molecule has 0 atom stereocenters. The number of aldehydes is 1. The molecule has 1 aromatic carbocycles. The molecule has 0 unspecified atom stereocenters. The van der Waals surface area contributed by atoms with E-state index in [1.807, 2.05) is 44.4 Å². The Bertz CT molecular complexity index is 785. The molecule has 0 bridgehead atoms. The number of carbonyl (C=O) groups is 1. The fourth-order valence-corrected chi connectivity index (χ4v) is 2.24. The molecular weight excluding hydrogens is 280 g/mol. The average Bonchev–Trinajstić information content (AvgIpc) is 3.12. The molecule has 5 heteroatoms. The normalized spacial score (nSPS) is 10.6. The Labute approximate surface area is 128 Å². The van der Waals surface area contributed by atoms with E-state index in [1.54, 1.807) is 16.8 Å². The van der Waals surface area contributed by atoms with Crippen LogP contribution in [0, 0.1) is 6.92 Å². The van der Waals surface area contributed by atoms with Crippen LogP contribution in [0.25, 0.3) is 11.3 Å². The van der Waals surface area contributed by atoms with Crippen LogP contribution in [0.4, 0.5) is 0 Å². The Balaban J connectivity index is 1.69. The molecule has 0 amide bonds. The minimum absolute atomic E-state index is 0.322. The number of carbonyl (C=O) groups excluding carboxylic acids is 1. The van der Waals surface area contributed by atoms with Crippen LogP contribution in [0.2, 0.25) is 0 Å². The number of aromatic nitrogens is 2. The summed E-state index contributed by atoms with van der Waals surface area (Å²) in [5.74, 6) is 1.76. The fourth-order valence-electron chi connectivity index (χ4n) is 2.24. The van der Waals surface area contributed by atoms with Crippen LogP contribution in [0.1, 0.15) is 21.8 Å². The maximum Gasteiger partial charge on any atom is 0.185 e. The molecule has 0 saturated carbocycles. The van der Waals surface area contributed by atoms with Crippen molar-refractivity contribution in [3.8, 4) is 17.1 Å². The Morgan fingerprint density at radius 3 is 2.59 bits per heavy atom. The van der Waals surface area contributed by atoms with Gasteiger partial charge in [-0.1, -0.05) is 0 Å². The maximum absolute atomic E-state index is 10.6. The third-order valence-electron chi connectivity index (χ3n) is 3.39. The van der Waals surface area contributed by atoms with Crippen molar-refractivity contribution in [1.29, 1.82) is 0 Å². The highest BCUT2D eigenvalue weighted by atomic mass is 16.5. The van der Waals surface area contributed by atoms with E-state index in [1.165, 1.54) is 0 Å². The highest BCUT2D eigenvalue weighted by Gasteiger charge is 2.06. The van der Waals surface area contributed by atoms with E-state index in [4.69, 9.17) is 9.15 Å². The van der Waals surface area contributed by atoms with E-state index in [0.717, 1.165) is 22.6 Å². The van der Waals surface area contributed by atoms with E-state index in [0.29, 0.717) is 24.4 Å². The van der Waals surface area contributed by atoms with Gasteiger partial charge in [0.1, 0.15) is 18.1 Å². The highest BCUT2D eigenvalue weighted by Crippen LogP contribution is 2.24. The molecule has 3 rings (SSSR count). The highest BCUT2D eigenvalue weighted by molar-refractivity contribution is 5.72. The van der Waals surface area contributed by atoms with Crippen LogP contribution < -0.4 is 4.74 Å². The number of hydrogen-bond acceptors (Lipinski definition) is 4. The van der Waals surface area contributed by atoms with E-state index < -0.39 is 0 Å². The van der Waals surface area contributed by atoms with Crippen molar-refractivity contribution >= 4 is 6.29 Å². The second kappa shape index (κ2) is 5.89. The fraction of sp³-hybridized carbons (Fsp3) is 0.176. The molecule has 5 nitrogen and oxygen atoms in total. The summed E-state index contributed by atoms with van der Waals surface area (Å²) in [4.78, 5) is 10.6. The molecule has 0 saturated heterocycles. The topological polar surface area (TPSA) is 57.3 Å². The zero-order chi connectivity index (χ0) is 15.5. The Kier molecular flexibility index (Phi) is 3.78. The lowest BCUT2D eigenvalue weighted by Gasteiger charge is -2.06. The minimum atomic E-state index is 0.322. The lowest BCUT2D eigenvalue weighted by atomic mass is 10.2. The summed E-state index contributed by atoms with van der Waals surface area (Å²) in [6.45, 7) is 2.44. The number of hydrogen-bond donors (Lipinski definition) is 0. The summed E-state index contributed by atoms with van der Waals surface area (Å²) in [5, 5.41) is 4.28. The van der Waals surface area contributed by atoms with E-state index >= 15 is 0 Å². The van der Waals surface area contributed by atoms with Gasteiger partial charge < -0.3 is 9.15 Å². The zero-order valence-corrected chi connectivity index (χ0v) is 12.4.